The molecule has 4 nitrogen and oxygen atoms in total. The van der Waals surface area contributed by atoms with E-state index in [-0.39, 0.29) is 11.5 Å². The normalized spacial score (nSPS) is 21.0. The number of nitrogens with one attached hydrogen (secondary N) is 1. The van der Waals surface area contributed by atoms with E-state index < -0.39 is 0 Å². The highest BCUT2D eigenvalue weighted by Crippen LogP contribution is 2.47. The van der Waals surface area contributed by atoms with Crippen LogP contribution < -0.4 is 10.1 Å². The van der Waals surface area contributed by atoms with E-state index in [0.29, 0.717) is 5.02 Å². The zero-order valence-corrected chi connectivity index (χ0v) is 14.2. The van der Waals surface area contributed by atoms with Crippen molar-refractivity contribution in [3.05, 3.63) is 58.6 Å². The molecule has 4 rings (SSSR count). The Morgan fingerprint density at radius 3 is 2.71 bits per heavy atom. The molecule has 1 fully saturated rings. The molecule has 0 aliphatic carbocycles. The van der Waals surface area contributed by atoms with Crippen molar-refractivity contribution < 1.29 is 9.53 Å². The van der Waals surface area contributed by atoms with E-state index >= 15 is 0 Å². The fourth-order valence-corrected chi connectivity index (χ4v) is 4.10. The van der Waals surface area contributed by atoms with Gasteiger partial charge >= 0.3 is 0 Å². The minimum Gasteiger partial charge on any atom is -0.497 e. The second-order valence-electron chi connectivity index (χ2n) is 6.60. The van der Waals surface area contributed by atoms with Crippen LogP contribution in [0.1, 0.15) is 11.1 Å². The van der Waals surface area contributed by atoms with Crippen LogP contribution in [0.25, 0.3) is 0 Å². The van der Waals surface area contributed by atoms with Crippen molar-refractivity contribution in [2.75, 3.05) is 25.5 Å². The summed E-state index contributed by atoms with van der Waals surface area (Å²) in [5.74, 6) is 0.866. The number of carbonyl (C=O) groups excluding carboxylic acids is 1. The number of halogens is 1. The summed E-state index contributed by atoms with van der Waals surface area (Å²) >= 11 is 6.08. The molecule has 2 heterocycles. The van der Waals surface area contributed by atoms with Crippen molar-refractivity contribution in [1.82, 2.24) is 4.90 Å². The van der Waals surface area contributed by atoms with Crippen molar-refractivity contribution >= 4 is 23.6 Å². The molecule has 2 aromatic rings. The van der Waals surface area contributed by atoms with E-state index in [1.807, 2.05) is 24.3 Å². The summed E-state index contributed by atoms with van der Waals surface area (Å²) < 4.78 is 5.20. The zero-order valence-electron chi connectivity index (χ0n) is 13.5. The van der Waals surface area contributed by atoms with E-state index in [0.717, 1.165) is 37.4 Å². The van der Waals surface area contributed by atoms with Gasteiger partial charge < -0.3 is 14.8 Å². The molecule has 0 saturated carbocycles. The molecule has 1 saturated heterocycles. The first-order valence-corrected chi connectivity index (χ1v) is 8.39. The number of likely N-dealkylation sites (tertiary alicyclic amines) is 1. The van der Waals surface area contributed by atoms with Gasteiger partial charge in [-0.25, -0.2) is 0 Å². The summed E-state index contributed by atoms with van der Waals surface area (Å²) in [6.07, 6.45) is 1.03. The van der Waals surface area contributed by atoms with Crippen molar-refractivity contribution in [2.45, 2.75) is 18.0 Å². The summed E-state index contributed by atoms with van der Waals surface area (Å²) in [6.45, 7) is 2.61. The molecule has 2 aliphatic rings. The number of carbonyl (C=O) groups is 1. The number of aldehydes is 1. The highest BCUT2D eigenvalue weighted by Gasteiger charge is 2.54. The Kier molecular flexibility index (Phi) is 3.74. The standard InChI is InChI=1S/C19H19ClN2O2/c1-24-15-5-2-13(3-6-15)9-22-11-19(12-22)16-7-4-14(20)8-17(16)21-18(19)10-23/h2-8,10,18,21H,9,11-12H2,1H3. The Hall–Kier alpha value is -2.04. The van der Waals surface area contributed by atoms with Gasteiger partial charge in [-0.1, -0.05) is 29.8 Å². The molecule has 0 bridgehead atoms. The van der Waals surface area contributed by atoms with Gasteiger partial charge in [-0.05, 0) is 35.4 Å². The van der Waals surface area contributed by atoms with Gasteiger partial charge in [0, 0.05) is 35.8 Å². The quantitative estimate of drug-likeness (QED) is 0.867. The molecule has 2 aromatic carbocycles. The van der Waals surface area contributed by atoms with Crippen LogP contribution in [0.3, 0.4) is 0 Å². The maximum Gasteiger partial charge on any atom is 0.143 e. The van der Waals surface area contributed by atoms with Crippen molar-refractivity contribution in [3.8, 4) is 5.75 Å². The van der Waals surface area contributed by atoms with E-state index in [4.69, 9.17) is 16.3 Å². The number of anilines is 1. The van der Waals surface area contributed by atoms with Gasteiger partial charge in [-0.3, -0.25) is 4.90 Å². The van der Waals surface area contributed by atoms with E-state index in [2.05, 4.69) is 28.4 Å². The van der Waals surface area contributed by atoms with Gasteiger partial charge in [0.15, 0.2) is 0 Å². The number of hydrogen-bond acceptors (Lipinski definition) is 4. The van der Waals surface area contributed by atoms with Gasteiger partial charge in [0.2, 0.25) is 0 Å². The Bertz CT molecular complexity index is 769. The summed E-state index contributed by atoms with van der Waals surface area (Å²) in [7, 11) is 1.67. The van der Waals surface area contributed by atoms with Crippen LogP contribution in [-0.2, 0) is 16.8 Å². The summed E-state index contributed by atoms with van der Waals surface area (Å²) in [5.41, 5.74) is 3.31. The molecule has 1 spiro atoms. The molecule has 0 amide bonds. The van der Waals surface area contributed by atoms with Crippen LogP contribution in [0.15, 0.2) is 42.5 Å². The third-order valence-corrected chi connectivity index (χ3v) is 5.37. The second-order valence-corrected chi connectivity index (χ2v) is 7.03. The maximum atomic E-state index is 11.6. The van der Waals surface area contributed by atoms with Crippen molar-refractivity contribution in [1.29, 1.82) is 0 Å². The van der Waals surface area contributed by atoms with Gasteiger partial charge in [-0.2, -0.15) is 0 Å². The summed E-state index contributed by atoms with van der Waals surface area (Å²) in [4.78, 5) is 13.9. The predicted octanol–water partition coefficient (Wildman–Crippen LogP) is 3.10. The Balaban J connectivity index is 1.51. The number of rotatable bonds is 4. The third kappa shape index (κ3) is 2.38. The molecule has 124 valence electrons. The first kappa shape index (κ1) is 15.5. The van der Waals surface area contributed by atoms with Crippen molar-refractivity contribution in [3.63, 3.8) is 0 Å². The molecular formula is C19H19ClN2O2. The highest BCUT2D eigenvalue weighted by atomic mass is 35.5. The Morgan fingerprint density at radius 1 is 1.29 bits per heavy atom. The fraction of sp³-hybridized carbons (Fsp3) is 0.316. The van der Waals surface area contributed by atoms with Gasteiger partial charge in [0.1, 0.15) is 12.0 Å². The molecule has 0 aromatic heterocycles. The van der Waals surface area contributed by atoms with Gasteiger partial charge in [0.05, 0.1) is 13.2 Å². The van der Waals surface area contributed by atoms with Crippen LogP contribution in [0.4, 0.5) is 5.69 Å². The van der Waals surface area contributed by atoms with Crippen molar-refractivity contribution in [2.24, 2.45) is 0 Å². The number of benzene rings is 2. The average molecular weight is 343 g/mol. The number of nitrogens with zero attached hydrogens (tertiary/aromatic N) is 1. The predicted molar refractivity (Wildman–Crippen MR) is 94.9 cm³/mol. The van der Waals surface area contributed by atoms with E-state index in [9.17, 15) is 4.79 Å². The molecule has 2 aliphatic heterocycles. The molecule has 24 heavy (non-hydrogen) atoms. The number of methoxy groups -OCH3 is 1. The highest BCUT2D eigenvalue weighted by molar-refractivity contribution is 6.31. The summed E-state index contributed by atoms with van der Waals surface area (Å²) in [5, 5.41) is 4.01. The largest absolute Gasteiger partial charge is 0.497 e. The van der Waals surface area contributed by atoms with Gasteiger partial charge in [0.25, 0.3) is 0 Å². The monoisotopic (exact) mass is 342 g/mol. The number of fused-ring (bicyclic) bond motifs is 2. The third-order valence-electron chi connectivity index (χ3n) is 5.14. The van der Waals surface area contributed by atoms with Gasteiger partial charge in [-0.15, -0.1) is 0 Å². The topological polar surface area (TPSA) is 41.6 Å². The Morgan fingerprint density at radius 2 is 2.04 bits per heavy atom. The molecule has 1 unspecified atom stereocenters. The zero-order chi connectivity index (χ0) is 16.7. The van der Waals surface area contributed by atoms with E-state index in [1.54, 1.807) is 7.11 Å². The van der Waals surface area contributed by atoms with E-state index in [1.165, 1.54) is 11.1 Å². The van der Waals surface area contributed by atoms with Crippen LogP contribution in [-0.4, -0.2) is 37.4 Å². The molecule has 5 heteroatoms. The lowest BCUT2D eigenvalue weighted by atomic mass is 9.70. The summed E-state index contributed by atoms with van der Waals surface area (Å²) in [6, 6.07) is 13.8. The van der Waals surface area contributed by atoms with Crippen LogP contribution in [0.5, 0.6) is 5.75 Å². The molecular weight excluding hydrogens is 324 g/mol. The van der Waals surface area contributed by atoms with Crippen LogP contribution in [0.2, 0.25) is 5.02 Å². The smallest absolute Gasteiger partial charge is 0.143 e. The average Bonchev–Trinajstić information content (AvgIpc) is 2.88. The number of ether oxygens (including phenoxy) is 1. The minimum absolute atomic E-state index is 0.131. The SMILES string of the molecule is COc1ccc(CN2CC3(C2)c2ccc(Cl)cc2NC3C=O)cc1. The van der Waals surface area contributed by atoms with Crippen LogP contribution in [0, 0.1) is 0 Å². The fourth-order valence-electron chi connectivity index (χ4n) is 3.93. The lowest BCUT2D eigenvalue weighted by molar-refractivity contribution is -0.111. The molecule has 1 N–H and O–H groups in total. The second kappa shape index (κ2) is 5.80. The molecule has 0 radical (unpaired) electrons. The lowest BCUT2D eigenvalue weighted by Gasteiger charge is -2.50. The first-order valence-electron chi connectivity index (χ1n) is 8.02. The molecule has 1 atom stereocenters. The minimum atomic E-state index is -0.182. The first-order chi connectivity index (χ1) is 11.6. The van der Waals surface area contributed by atoms with Crippen LogP contribution >= 0.6 is 11.6 Å². The maximum absolute atomic E-state index is 11.6. The lowest BCUT2D eigenvalue weighted by Crippen LogP contribution is -2.64. The number of hydrogen-bond donors (Lipinski definition) is 1. The Labute approximate surface area is 146 Å².